The molecule has 0 unspecified atom stereocenters. The predicted molar refractivity (Wildman–Crippen MR) is 101 cm³/mol. The lowest BCUT2D eigenvalue weighted by molar-refractivity contribution is 0.218. The fourth-order valence-corrected chi connectivity index (χ4v) is 3.83. The van der Waals surface area contributed by atoms with Crippen LogP contribution >= 0.6 is 0 Å². The first-order valence-electron chi connectivity index (χ1n) is 9.23. The minimum Gasteiger partial charge on any atom is -0.350 e. The van der Waals surface area contributed by atoms with E-state index in [1.54, 1.807) is 0 Å². The van der Waals surface area contributed by atoms with Crippen molar-refractivity contribution in [2.24, 2.45) is 0 Å². The summed E-state index contributed by atoms with van der Waals surface area (Å²) in [6.45, 7) is 5.26. The quantitative estimate of drug-likeness (QED) is 0.705. The molecule has 4 rings (SSSR count). The van der Waals surface area contributed by atoms with E-state index >= 15 is 0 Å². The Kier molecular flexibility index (Phi) is 4.66. The zero-order chi connectivity index (χ0) is 17.1. The minimum atomic E-state index is 0.283. The molecule has 0 saturated heterocycles. The molecule has 0 fully saturated rings. The van der Waals surface area contributed by atoms with Gasteiger partial charge in [0, 0.05) is 37.7 Å². The van der Waals surface area contributed by atoms with E-state index in [0.717, 1.165) is 38.2 Å². The van der Waals surface area contributed by atoms with Crippen molar-refractivity contribution in [2.45, 2.75) is 38.9 Å². The van der Waals surface area contributed by atoms with Crippen molar-refractivity contribution >= 4 is 0 Å². The van der Waals surface area contributed by atoms with Crippen molar-refractivity contribution in [3.63, 3.8) is 0 Å². The summed E-state index contributed by atoms with van der Waals surface area (Å²) >= 11 is 0. The van der Waals surface area contributed by atoms with E-state index in [-0.39, 0.29) is 6.04 Å². The highest BCUT2D eigenvalue weighted by Gasteiger charge is 2.27. The molecule has 1 aliphatic rings. The molecule has 0 amide bonds. The topological polar surface area (TPSA) is 21.1 Å². The predicted octanol–water partition coefficient (Wildman–Crippen LogP) is 4.44. The van der Waals surface area contributed by atoms with Gasteiger partial charge in [0.2, 0.25) is 0 Å². The largest absolute Gasteiger partial charge is 0.350 e. The molecule has 3 heteroatoms. The van der Waals surface area contributed by atoms with E-state index in [0.29, 0.717) is 0 Å². The maximum absolute atomic E-state index is 4.55. The van der Waals surface area contributed by atoms with Gasteiger partial charge in [0.25, 0.3) is 0 Å². The number of aromatic nitrogens is 2. The lowest BCUT2D eigenvalue weighted by Gasteiger charge is -2.30. The third-order valence-corrected chi connectivity index (χ3v) is 5.15. The summed E-state index contributed by atoms with van der Waals surface area (Å²) in [6.07, 6.45) is 6.35. The Hall–Kier alpha value is -2.39. The van der Waals surface area contributed by atoms with Gasteiger partial charge in [0.1, 0.15) is 0 Å². The Morgan fingerprint density at radius 1 is 1.00 bits per heavy atom. The Morgan fingerprint density at radius 3 is 2.64 bits per heavy atom. The minimum absolute atomic E-state index is 0.283. The lowest BCUT2D eigenvalue weighted by atomic mass is 9.99. The lowest BCUT2D eigenvalue weighted by Crippen LogP contribution is -2.29. The number of rotatable bonds is 4. The van der Waals surface area contributed by atoms with Gasteiger partial charge in [0.15, 0.2) is 0 Å². The van der Waals surface area contributed by atoms with Gasteiger partial charge in [-0.05, 0) is 48.2 Å². The van der Waals surface area contributed by atoms with E-state index in [9.17, 15) is 0 Å². The van der Waals surface area contributed by atoms with Crippen LogP contribution in [0.4, 0.5) is 0 Å². The Morgan fingerprint density at radius 2 is 1.88 bits per heavy atom. The zero-order valence-electron chi connectivity index (χ0n) is 14.8. The van der Waals surface area contributed by atoms with Crippen molar-refractivity contribution in [3.8, 4) is 0 Å². The molecular weight excluding hydrogens is 306 g/mol. The summed E-state index contributed by atoms with van der Waals surface area (Å²) in [5.74, 6) is 0. The van der Waals surface area contributed by atoms with Gasteiger partial charge in [-0.3, -0.25) is 9.88 Å². The average Bonchev–Trinajstić information content (AvgIpc) is 3.04. The molecule has 128 valence electrons. The summed E-state index contributed by atoms with van der Waals surface area (Å²) in [6, 6.07) is 20.1. The van der Waals surface area contributed by atoms with Gasteiger partial charge in [0.05, 0.1) is 11.7 Å². The Bertz CT molecular complexity index is 805. The number of pyridine rings is 1. The Balaban J connectivity index is 1.72. The van der Waals surface area contributed by atoms with Crippen LogP contribution in [-0.4, -0.2) is 21.0 Å². The molecule has 1 atom stereocenters. The van der Waals surface area contributed by atoms with Crippen LogP contribution in [0.15, 0.2) is 67.0 Å². The summed E-state index contributed by atoms with van der Waals surface area (Å²) in [7, 11) is 0. The number of hydrogen-bond acceptors (Lipinski definition) is 2. The first kappa shape index (κ1) is 16.1. The van der Waals surface area contributed by atoms with Crippen LogP contribution in [0.25, 0.3) is 0 Å². The highest BCUT2D eigenvalue weighted by Crippen LogP contribution is 2.33. The molecule has 25 heavy (non-hydrogen) atoms. The number of aryl methyl sites for hydroxylation is 2. The van der Waals surface area contributed by atoms with Crippen LogP contribution < -0.4 is 0 Å². The van der Waals surface area contributed by atoms with Crippen LogP contribution in [-0.2, 0) is 19.5 Å². The third kappa shape index (κ3) is 3.38. The second kappa shape index (κ2) is 7.24. The second-order valence-electron chi connectivity index (χ2n) is 6.77. The molecule has 0 bridgehead atoms. The van der Waals surface area contributed by atoms with Gasteiger partial charge in [-0.15, -0.1) is 0 Å². The van der Waals surface area contributed by atoms with Crippen LogP contribution in [0.2, 0.25) is 0 Å². The van der Waals surface area contributed by atoms with Gasteiger partial charge in [-0.2, -0.15) is 0 Å². The molecule has 3 aromatic rings. The van der Waals surface area contributed by atoms with E-state index in [4.69, 9.17) is 0 Å². The fourth-order valence-electron chi connectivity index (χ4n) is 3.83. The molecule has 3 heterocycles. The fraction of sp³-hybridized carbons (Fsp3) is 0.318. The van der Waals surface area contributed by atoms with Gasteiger partial charge >= 0.3 is 0 Å². The summed E-state index contributed by atoms with van der Waals surface area (Å²) in [5, 5.41) is 0. The third-order valence-electron chi connectivity index (χ3n) is 5.15. The molecule has 3 nitrogen and oxygen atoms in total. The summed E-state index contributed by atoms with van der Waals surface area (Å²) in [5.41, 5.74) is 5.29. The molecule has 0 aliphatic carbocycles. The van der Waals surface area contributed by atoms with E-state index < -0.39 is 0 Å². The first-order valence-corrected chi connectivity index (χ1v) is 9.23. The molecular formula is C22H25N3. The standard InChI is InChI=1S/C22H25N3/c1-2-18-9-11-19(12-10-18)22-21-8-5-14-24(21)15-6-16-25(22)17-20-7-3-4-13-23-20/h3-5,7-14,22H,2,6,15-17H2,1H3/t22-/m0/s1. The smallest absolute Gasteiger partial charge is 0.0759 e. The Labute approximate surface area is 149 Å². The van der Waals surface area contributed by atoms with E-state index in [2.05, 4.69) is 76.1 Å². The average molecular weight is 331 g/mol. The summed E-state index contributed by atoms with van der Waals surface area (Å²) in [4.78, 5) is 7.13. The van der Waals surface area contributed by atoms with Crippen LogP contribution in [0, 0.1) is 0 Å². The molecule has 0 N–H and O–H groups in total. The first-order chi connectivity index (χ1) is 12.3. The van der Waals surface area contributed by atoms with Crippen LogP contribution in [0.1, 0.15) is 41.9 Å². The van der Waals surface area contributed by atoms with E-state index in [1.807, 2.05) is 12.3 Å². The molecule has 0 saturated carbocycles. The van der Waals surface area contributed by atoms with Gasteiger partial charge in [-0.25, -0.2) is 0 Å². The van der Waals surface area contributed by atoms with Crippen LogP contribution in [0.3, 0.4) is 0 Å². The number of fused-ring (bicyclic) bond motifs is 1. The number of hydrogen-bond donors (Lipinski definition) is 0. The van der Waals surface area contributed by atoms with Gasteiger partial charge < -0.3 is 4.57 Å². The highest BCUT2D eigenvalue weighted by molar-refractivity contribution is 5.32. The zero-order valence-corrected chi connectivity index (χ0v) is 14.8. The number of benzene rings is 1. The maximum Gasteiger partial charge on any atom is 0.0759 e. The monoisotopic (exact) mass is 331 g/mol. The molecule has 2 aromatic heterocycles. The maximum atomic E-state index is 4.55. The molecule has 0 spiro atoms. The van der Waals surface area contributed by atoms with Crippen molar-refractivity contribution < 1.29 is 0 Å². The van der Waals surface area contributed by atoms with Gasteiger partial charge in [-0.1, -0.05) is 37.3 Å². The number of nitrogens with zero attached hydrogens (tertiary/aromatic N) is 3. The van der Waals surface area contributed by atoms with Crippen molar-refractivity contribution in [1.82, 2.24) is 14.5 Å². The van der Waals surface area contributed by atoms with Crippen LogP contribution in [0.5, 0.6) is 0 Å². The normalized spacial score (nSPS) is 17.9. The van der Waals surface area contributed by atoms with Crippen molar-refractivity contribution in [3.05, 3.63) is 89.5 Å². The second-order valence-corrected chi connectivity index (χ2v) is 6.77. The molecule has 0 radical (unpaired) electrons. The van der Waals surface area contributed by atoms with Crippen molar-refractivity contribution in [2.75, 3.05) is 6.54 Å². The summed E-state index contributed by atoms with van der Waals surface area (Å²) < 4.78 is 2.41. The van der Waals surface area contributed by atoms with E-state index in [1.165, 1.54) is 16.8 Å². The molecule has 1 aliphatic heterocycles. The SMILES string of the molecule is CCc1ccc([C@H]2c3cccn3CCCN2Cc2ccccn2)cc1. The highest BCUT2D eigenvalue weighted by atomic mass is 15.2. The van der Waals surface area contributed by atoms with Crippen molar-refractivity contribution in [1.29, 1.82) is 0 Å². The molecule has 1 aromatic carbocycles.